The molecule has 0 saturated carbocycles. The van der Waals surface area contributed by atoms with Gasteiger partial charge in [-0.1, -0.05) is 25.4 Å². The SMILES string of the molecule is CCC(CC)(CN)C(=O)Cc1cc(Cl)ccc1OC. The van der Waals surface area contributed by atoms with Gasteiger partial charge in [-0.05, 0) is 31.0 Å². The summed E-state index contributed by atoms with van der Waals surface area (Å²) >= 11 is 5.98. The second kappa shape index (κ2) is 6.92. The number of methoxy groups -OCH3 is 1. The van der Waals surface area contributed by atoms with Crippen LogP contribution in [0, 0.1) is 5.41 Å². The molecular formula is C15H22ClNO2. The van der Waals surface area contributed by atoms with Crippen molar-refractivity contribution in [3.8, 4) is 5.75 Å². The van der Waals surface area contributed by atoms with Gasteiger partial charge in [0.05, 0.1) is 7.11 Å². The average molecular weight is 284 g/mol. The number of carbonyl (C=O) groups is 1. The molecule has 106 valence electrons. The van der Waals surface area contributed by atoms with E-state index >= 15 is 0 Å². The van der Waals surface area contributed by atoms with Crippen molar-refractivity contribution in [3.63, 3.8) is 0 Å². The summed E-state index contributed by atoms with van der Waals surface area (Å²) in [6.45, 7) is 4.38. The molecule has 0 aliphatic rings. The van der Waals surface area contributed by atoms with E-state index in [2.05, 4.69) is 0 Å². The van der Waals surface area contributed by atoms with Crippen LogP contribution in [-0.4, -0.2) is 19.4 Å². The van der Waals surface area contributed by atoms with Crippen molar-refractivity contribution in [1.82, 2.24) is 0 Å². The van der Waals surface area contributed by atoms with Crippen LogP contribution in [-0.2, 0) is 11.2 Å². The molecule has 1 aromatic rings. The van der Waals surface area contributed by atoms with Gasteiger partial charge >= 0.3 is 0 Å². The molecule has 0 radical (unpaired) electrons. The van der Waals surface area contributed by atoms with Gasteiger partial charge in [0.1, 0.15) is 11.5 Å². The van der Waals surface area contributed by atoms with Crippen molar-refractivity contribution in [2.75, 3.05) is 13.7 Å². The van der Waals surface area contributed by atoms with E-state index in [0.29, 0.717) is 23.7 Å². The van der Waals surface area contributed by atoms with Crippen molar-refractivity contribution in [2.24, 2.45) is 11.1 Å². The maximum Gasteiger partial charge on any atom is 0.144 e. The van der Waals surface area contributed by atoms with Gasteiger partial charge in [-0.2, -0.15) is 0 Å². The summed E-state index contributed by atoms with van der Waals surface area (Å²) in [5.74, 6) is 0.844. The minimum Gasteiger partial charge on any atom is -0.496 e. The molecule has 0 unspecified atom stereocenters. The largest absolute Gasteiger partial charge is 0.496 e. The van der Waals surface area contributed by atoms with E-state index in [1.807, 2.05) is 13.8 Å². The lowest BCUT2D eigenvalue weighted by molar-refractivity contribution is -0.128. The van der Waals surface area contributed by atoms with Crippen LogP contribution in [0.25, 0.3) is 0 Å². The van der Waals surface area contributed by atoms with Crippen molar-refractivity contribution in [1.29, 1.82) is 0 Å². The molecule has 0 bridgehead atoms. The van der Waals surface area contributed by atoms with Crippen LogP contribution < -0.4 is 10.5 Å². The van der Waals surface area contributed by atoms with Crippen LogP contribution in [0.1, 0.15) is 32.3 Å². The molecule has 1 aromatic carbocycles. The first-order valence-electron chi connectivity index (χ1n) is 6.58. The summed E-state index contributed by atoms with van der Waals surface area (Å²) < 4.78 is 5.27. The lowest BCUT2D eigenvalue weighted by atomic mass is 9.76. The molecule has 1 rings (SSSR count). The molecule has 0 heterocycles. The van der Waals surface area contributed by atoms with E-state index in [1.165, 1.54) is 0 Å². The summed E-state index contributed by atoms with van der Waals surface area (Å²) in [6.07, 6.45) is 1.81. The summed E-state index contributed by atoms with van der Waals surface area (Å²) in [7, 11) is 1.59. The van der Waals surface area contributed by atoms with Crippen molar-refractivity contribution in [3.05, 3.63) is 28.8 Å². The molecule has 0 fully saturated rings. The van der Waals surface area contributed by atoms with E-state index < -0.39 is 5.41 Å². The number of ketones is 1. The normalized spacial score (nSPS) is 11.4. The minimum atomic E-state index is -0.437. The molecule has 4 heteroatoms. The highest BCUT2D eigenvalue weighted by Crippen LogP contribution is 2.30. The van der Waals surface area contributed by atoms with Gasteiger partial charge in [0.2, 0.25) is 0 Å². The fourth-order valence-electron chi connectivity index (χ4n) is 2.29. The van der Waals surface area contributed by atoms with Crippen LogP contribution in [0.4, 0.5) is 0 Å². The Bertz CT molecular complexity index is 434. The topological polar surface area (TPSA) is 52.3 Å². The maximum absolute atomic E-state index is 12.5. The number of benzene rings is 1. The van der Waals surface area contributed by atoms with Gasteiger partial charge in [0, 0.05) is 29.0 Å². The Morgan fingerprint density at radius 3 is 2.47 bits per heavy atom. The maximum atomic E-state index is 12.5. The molecule has 0 spiro atoms. The third kappa shape index (κ3) is 3.48. The van der Waals surface area contributed by atoms with Crippen LogP contribution in [0.5, 0.6) is 5.75 Å². The number of nitrogens with two attached hydrogens (primary N) is 1. The summed E-state index contributed by atoms with van der Waals surface area (Å²) in [5.41, 5.74) is 6.19. The zero-order valence-electron chi connectivity index (χ0n) is 11.8. The Morgan fingerprint density at radius 1 is 1.37 bits per heavy atom. The van der Waals surface area contributed by atoms with Crippen LogP contribution in [0.2, 0.25) is 5.02 Å². The third-order valence-corrected chi connectivity index (χ3v) is 4.16. The van der Waals surface area contributed by atoms with E-state index in [-0.39, 0.29) is 5.78 Å². The second-order valence-electron chi connectivity index (χ2n) is 4.75. The molecule has 0 saturated heterocycles. The number of carbonyl (C=O) groups excluding carboxylic acids is 1. The lowest BCUT2D eigenvalue weighted by Gasteiger charge is -2.28. The standard InChI is InChI=1S/C15H22ClNO2/c1-4-15(5-2,10-17)14(18)9-11-8-12(16)6-7-13(11)19-3/h6-8H,4-5,9-10,17H2,1-3H3. The highest BCUT2D eigenvalue weighted by Gasteiger charge is 2.33. The number of hydrogen-bond donors (Lipinski definition) is 1. The summed E-state index contributed by atoms with van der Waals surface area (Å²) in [5, 5.41) is 0.606. The van der Waals surface area contributed by atoms with Gasteiger partial charge in [-0.3, -0.25) is 4.79 Å². The number of halogens is 1. The fourth-order valence-corrected chi connectivity index (χ4v) is 2.49. The fraction of sp³-hybridized carbons (Fsp3) is 0.533. The van der Waals surface area contributed by atoms with Crippen LogP contribution in [0.3, 0.4) is 0 Å². The first-order chi connectivity index (χ1) is 9.02. The van der Waals surface area contributed by atoms with Gasteiger partial charge in [-0.15, -0.1) is 0 Å². The quantitative estimate of drug-likeness (QED) is 0.836. The van der Waals surface area contributed by atoms with Gasteiger partial charge in [-0.25, -0.2) is 0 Å². The predicted octanol–water partition coefficient (Wildman–Crippen LogP) is 3.23. The number of Topliss-reactive ketones (excluding diaryl/α,β-unsaturated/α-hetero) is 1. The van der Waals surface area contributed by atoms with Crippen molar-refractivity contribution >= 4 is 17.4 Å². The van der Waals surface area contributed by atoms with Crippen molar-refractivity contribution in [2.45, 2.75) is 33.1 Å². The Hall–Kier alpha value is -1.06. The Balaban J connectivity index is 3.01. The number of ether oxygens (including phenoxy) is 1. The molecule has 0 amide bonds. The molecule has 0 aliphatic carbocycles. The Morgan fingerprint density at radius 2 is 2.00 bits per heavy atom. The molecule has 3 nitrogen and oxygen atoms in total. The third-order valence-electron chi connectivity index (χ3n) is 3.93. The van der Waals surface area contributed by atoms with Gasteiger partial charge < -0.3 is 10.5 Å². The number of hydrogen-bond acceptors (Lipinski definition) is 3. The van der Waals surface area contributed by atoms with Gasteiger partial charge in [0.25, 0.3) is 0 Å². The second-order valence-corrected chi connectivity index (χ2v) is 5.18. The highest BCUT2D eigenvalue weighted by atomic mass is 35.5. The summed E-state index contributed by atoms with van der Waals surface area (Å²) in [4.78, 5) is 12.5. The first-order valence-corrected chi connectivity index (χ1v) is 6.96. The molecule has 0 atom stereocenters. The first kappa shape index (κ1) is 16.0. The monoisotopic (exact) mass is 283 g/mol. The lowest BCUT2D eigenvalue weighted by Crippen LogP contribution is -2.38. The minimum absolute atomic E-state index is 0.153. The van der Waals surface area contributed by atoms with E-state index in [1.54, 1.807) is 25.3 Å². The zero-order valence-corrected chi connectivity index (χ0v) is 12.6. The zero-order chi connectivity index (χ0) is 14.5. The van der Waals surface area contributed by atoms with Crippen LogP contribution in [0.15, 0.2) is 18.2 Å². The Labute approximate surface area is 120 Å². The smallest absolute Gasteiger partial charge is 0.144 e. The molecule has 0 aliphatic heterocycles. The van der Waals surface area contributed by atoms with Crippen LogP contribution >= 0.6 is 11.6 Å². The molecular weight excluding hydrogens is 262 g/mol. The van der Waals surface area contributed by atoms with E-state index in [9.17, 15) is 4.79 Å². The van der Waals surface area contributed by atoms with Gasteiger partial charge in [0.15, 0.2) is 0 Å². The molecule has 19 heavy (non-hydrogen) atoms. The number of rotatable bonds is 7. The molecule has 0 aromatic heterocycles. The average Bonchev–Trinajstić information content (AvgIpc) is 2.41. The van der Waals surface area contributed by atoms with Crippen molar-refractivity contribution < 1.29 is 9.53 Å². The Kier molecular flexibility index (Phi) is 5.83. The summed E-state index contributed by atoms with van der Waals surface area (Å²) in [6, 6.07) is 5.32. The predicted molar refractivity (Wildman–Crippen MR) is 78.8 cm³/mol. The van der Waals surface area contributed by atoms with E-state index in [0.717, 1.165) is 18.4 Å². The highest BCUT2D eigenvalue weighted by molar-refractivity contribution is 6.30. The van der Waals surface area contributed by atoms with E-state index in [4.69, 9.17) is 22.1 Å². The molecule has 2 N–H and O–H groups in total.